The van der Waals surface area contributed by atoms with Gasteiger partial charge in [-0.15, -0.1) is 12.4 Å². The molecule has 2 fully saturated rings. The third-order valence-corrected chi connectivity index (χ3v) is 7.61. The molecule has 2 unspecified atom stereocenters. The largest absolute Gasteiger partial charge is 0.508 e. The van der Waals surface area contributed by atoms with Crippen LogP contribution in [0.1, 0.15) is 36.1 Å². The van der Waals surface area contributed by atoms with Crippen LogP contribution >= 0.6 is 12.4 Å². The number of aromatic hydroxyl groups is 1. The second-order valence-electron chi connectivity index (χ2n) is 9.36. The Balaban J connectivity index is 0.00000181. The molecule has 0 spiro atoms. The van der Waals surface area contributed by atoms with Crippen LogP contribution in [0.25, 0.3) is 10.9 Å². The molecule has 4 heteroatoms. The molecule has 3 aliphatic rings. The number of halogens is 1. The molecule has 0 bridgehead atoms. The minimum Gasteiger partial charge on any atom is -0.508 e. The maximum atomic E-state index is 10.2. The van der Waals surface area contributed by atoms with Gasteiger partial charge in [0, 0.05) is 35.1 Å². The van der Waals surface area contributed by atoms with Gasteiger partial charge in [0.2, 0.25) is 0 Å². The van der Waals surface area contributed by atoms with Crippen molar-refractivity contribution in [3.8, 4) is 5.75 Å². The lowest BCUT2D eigenvalue weighted by Gasteiger charge is -2.51. The Kier molecular flexibility index (Phi) is 4.64. The van der Waals surface area contributed by atoms with E-state index < -0.39 is 0 Å². The smallest absolute Gasteiger partial charge is 0.115 e. The van der Waals surface area contributed by atoms with E-state index in [1.165, 1.54) is 66.6 Å². The van der Waals surface area contributed by atoms with E-state index in [2.05, 4.69) is 40.2 Å². The number of phenols is 1. The van der Waals surface area contributed by atoms with Crippen LogP contribution in [0.3, 0.4) is 0 Å². The third kappa shape index (κ3) is 3.15. The van der Waals surface area contributed by atoms with Crippen molar-refractivity contribution in [3.05, 3.63) is 65.4 Å². The molecule has 152 valence electrons. The average Bonchev–Trinajstić information content (AvgIpc) is 3.45. The lowest BCUT2D eigenvalue weighted by Crippen LogP contribution is -2.54. The van der Waals surface area contributed by atoms with E-state index in [1.54, 1.807) is 6.07 Å². The first-order valence-electron chi connectivity index (χ1n) is 10.8. The number of piperidine rings is 1. The van der Waals surface area contributed by atoms with Gasteiger partial charge in [0.15, 0.2) is 0 Å². The zero-order valence-electron chi connectivity index (χ0n) is 16.7. The Hall–Kier alpha value is -1.97. The van der Waals surface area contributed by atoms with Gasteiger partial charge in [-0.05, 0) is 79.8 Å². The predicted molar refractivity (Wildman–Crippen MR) is 120 cm³/mol. The molecule has 1 aliphatic heterocycles. The number of benzene rings is 2. The zero-order valence-corrected chi connectivity index (χ0v) is 17.5. The lowest BCUT2D eigenvalue weighted by atomic mass is 9.58. The number of hydrogen-bond acceptors (Lipinski definition) is 2. The lowest BCUT2D eigenvalue weighted by molar-refractivity contribution is 0.0783. The third-order valence-electron chi connectivity index (χ3n) is 7.61. The Morgan fingerprint density at radius 1 is 1.10 bits per heavy atom. The van der Waals surface area contributed by atoms with Crippen LogP contribution in [0.4, 0.5) is 0 Å². The first-order chi connectivity index (χ1) is 13.7. The van der Waals surface area contributed by atoms with E-state index >= 15 is 0 Å². The van der Waals surface area contributed by atoms with Crippen molar-refractivity contribution in [2.75, 3.05) is 19.6 Å². The number of likely N-dealkylation sites (tertiary alicyclic amines) is 1. The van der Waals surface area contributed by atoms with Crippen LogP contribution < -0.4 is 0 Å². The fraction of sp³-hybridized carbons (Fsp3) is 0.440. The van der Waals surface area contributed by atoms with Crippen molar-refractivity contribution in [2.45, 2.75) is 37.5 Å². The number of para-hydroxylation sites is 1. The summed E-state index contributed by atoms with van der Waals surface area (Å²) in [5.41, 5.74) is 5.67. The molecule has 1 saturated carbocycles. The van der Waals surface area contributed by atoms with Crippen LogP contribution in [0.2, 0.25) is 0 Å². The van der Waals surface area contributed by atoms with E-state index in [9.17, 15) is 5.11 Å². The molecule has 2 aromatic carbocycles. The van der Waals surface area contributed by atoms with Gasteiger partial charge in [0.05, 0.1) is 0 Å². The maximum absolute atomic E-state index is 10.2. The number of aromatic nitrogens is 1. The van der Waals surface area contributed by atoms with Gasteiger partial charge in [-0.1, -0.05) is 30.3 Å². The molecule has 2 N–H and O–H groups in total. The quantitative estimate of drug-likeness (QED) is 0.635. The number of aromatic amines is 1. The summed E-state index contributed by atoms with van der Waals surface area (Å²) in [6.07, 6.45) is 6.22. The summed E-state index contributed by atoms with van der Waals surface area (Å²) in [6.45, 7) is 3.65. The molecule has 1 saturated heterocycles. The van der Waals surface area contributed by atoms with E-state index in [1.807, 2.05) is 12.1 Å². The minimum absolute atomic E-state index is 0. The van der Waals surface area contributed by atoms with Crippen LogP contribution in [-0.4, -0.2) is 34.6 Å². The number of phenolic OH excluding ortho intramolecular Hbond substituents is 1. The number of H-pyrrole nitrogens is 1. The second kappa shape index (κ2) is 7.07. The molecule has 2 heterocycles. The number of nitrogens with one attached hydrogen (secondary N) is 1. The van der Waals surface area contributed by atoms with Gasteiger partial charge in [-0.3, -0.25) is 0 Å². The van der Waals surface area contributed by atoms with E-state index in [4.69, 9.17) is 0 Å². The van der Waals surface area contributed by atoms with Crippen LogP contribution in [0.15, 0.2) is 48.5 Å². The molecule has 3 aromatic rings. The van der Waals surface area contributed by atoms with Crippen molar-refractivity contribution in [1.82, 2.24) is 9.88 Å². The molecule has 29 heavy (non-hydrogen) atoms. The number of fused-ring (bicyclic) bond motifs is 4. The van der Waals surface area contributed by atoms with Crippen molar-refractivity contribution in [2.24, 2.45) is 11.8 Å². The molecule has 2 atom stereocenters. The molecule has 0 radical (unpaired) electrons. The highest BCUT2D eigenvalue weighted by Gasteiger charge is 2.48. The van der Waals surface area contributed by atoms with Gasteiger partial charge in [-0.2, -0.15) is 0 Å². The molecule has 1 aromatic heterocycles. The van der Waals surface area contributed by atoms with Crippen molar-refractivity contribution in [3.63, 3.8) is 0 Å². The SMILES string of the molecule is Cl.Oc1cccc(C23CCN(CC4CC4)CC2Cc2c([nH]c4ccccc24)C3)c1. The highest BCUT2D eigenvalue weighted by Crippen LogP contribution is 2.50. The number of nitrogens with zero attached hydrogens (tertiary/aromatic N) is 1. The first-order valence-corrected chi connectivity index (χ1v) is 10.8. The Morgan fingerprint density at radius 3 is 2.79 bits per heavy atom. The molecule has 6 rings (SSSR count). The maximum Gasteiger partial charge on any atom is 0.115 e. The average molecular weight is 409 g/mol. The minimum atomic E-state index is 0. The van der Waals surface area contributed by atoms with Gasteiger partial charge < -0.3 is 15.0 Å². The molecule has 3 nitrogen and oxygen atoms in total. The summed E-state index contributed by atoms with van der Waals surface area (Å²) in [4.78, 5) is 6.46. The molecule has 0 amide bonds. The van der Waals surface area contributed by atoms with Crippen molar-refractivity contribution < 1.29 is 5.11 Å². The van der Waals surface area contributed by atoms with E-state index in [-0.39, 0.29) is 17.8 Å². The second-order valence-corrected chi connectivity index (χ2v) is 9.36. The number of hydrogen-bond donors (Lipinski definition) is 2. The molecular weight excluding hydrogens is 380 g/mol. The zero-order chi connectivity index (χ0) is 18.7. The highest BCUT2D eigenvalue weighted by atomic mass is 35.5. The fourth-order valence-corrected chi connectivity index (χ4v) is 5.96. The van der Waals surface area contributed by atoms with Crippen LogP contribution in [0, 0.1) is 11.8 Å². The van der Waals surface area contributed by atoms with Crippen molar-refractivity contribution >= 4 is 23.3 Å². The summed E-state index contributed by atoms with van der Waals surface area (Å²) in [5.74, 6) is 1.95. The van der Waals surface area contributed by atoms with Gasteiger partial charge in [0.25, 0.3) is 0 Å². The van der Waals surface area contributed by atoms with Crippen LogP contribution in [-0.2, 0) is 18.3 Å². The summed E-state index contributed by atoms with van der Waals surface area (Å²) >= 11 is 0. The summed E-state index contributed by atoms with van der Waals surface area (Å²) in [6, 6.07) is 16.9. The topological polar surface area (TPSA) is 39.3 Å². The Morgan fingerprint density at radius 2 is 1.97 bits per heavy atom. The van der Waals surface area contributed by atoms with Crippen LogP contribution in [0.5, 0.6) is 5.75 Å². The van der Waals surface area contributed by atoms with Crippen molar-refractivity contribution in [1.29, 1.82) is 0 Å². The van der Waals surface area contributed by atoms with Gasteiger partial charge >= 0.3 is 0 Å². The summed E-state index contributed by atoms with van der Waals surface area (Å²) in [5, 5.41) is 11.6. The predicted octanol–water partition coefficient (Wildman–Crippen LogP) is 5.06. The standard InChI is InChI=1S/C25H28N2O.ClH/c28-20-5-3-4-18(12-20)25-10-11-27(15-17-8-9-17)16-19(25)13-22-21-6-1-2-7-23(21)26-24(22)14-25;/h1-7,12,17,19,26,28H,8-11,13-16H2;1H. The summed E-state index contributed by atoms with van der Waals surface area (Å²) in [7, 11) is 0. The van der Waals surface area contributed by atoms with E-state index in [0.29, 0.717) is 11.7 Å². The molecule has 2 aliphatic carbocycles. The Labute approximate surface area is 178 Å². The number of rotatable bonds is 3. The monoisotopic (exact) mass is 408 g/mol. The van der Waals surface area contributed by atoms with E-state index in [0.717, 1.165) is 18.8 Å². The first kappa shape index (κ1) is 19.0. The Bertz CT molecular complexity index is 1040. The highest BCUT2D eigenvalue weighted by molar-refractivity contribution is 5.85. The normalized spacial score (nSPS) is 26.6. The fourth-order valence-electron chi connectivity index (χ4n) is 5.96. The summed E-state index contributed by atoms with van der Waals surface area (Å²) < 4.78 is 0. The molecular formula is C25H29ClN2O. The van der Waals surface area contributed by atoms with Gasteiger partial charge in [0.1, 0.15) is 5.75 Å². The van der Waals surface area contributed by atoms with Gasteiger partial charge in [-0.25, -0.2) is 0 Å².